The molecule has 0 aromatic rings. The number of hydrogen-bond acceptors (Lipinski definition) is 14. The first-order valence-electron chi connectivity index (χ1n) is 29.7. The van der Waals surface area contributed by atoms with Gasteiger partial charge in [-0.1, -0.05) is 217 Å². The third-order valence-corrected chi connectivity index (χ3v) is 14.1. The zero-order chi connectivity index (χ0) is 53.7. The fourth-order valence-electron chi connectivity index (χ4n) is 9.34. The Balaban J connectivity index is 1.71. The molecule has 11 unspecified atom stereocenters. The van der Waals surface area contributed by atoms with Crippen molar-refractivity contribution < 1.29 is 69.0 Å². The van der Waals surface area contributed by atoms with E-state index in [4.69, 9.17) is 28.4 Å². The number of ether oxygens (including phenoxy) is 6. The second kappa shape index (κ2) is 47.0. The van der Waals surface area contributed by atoms with Crippen molar-refractivity contribution >= 4 is 5.97 Å². The standard InChI is InChI=1S/C60H108O14/c1-3-5-7-9-11-13-15-17-19-21-23-24-26-28-30-32-34-36-38-40-42-44-69-46-49(72-52(62)43-41-39-37-35-33-31-29-27-25-22-20-18-16-14-12-10-8-6-4-2)47-70-59-58(68)56(66)54(64)51(74-59)48-71-60-57(67)55(65)53(63)50(45-61)73-60/h6,8,12,14,18,20,25,27,49-51,53-61,63-68H,3-5,7,9-11,13,15-17,19,21-24,26,28-48H2,1-2H3/b8-6-,14-12-,20-18-,27-25-. The molecule has 2 fully saturated rings. The Morgan fingerprint density at radius 1 is 0.459 bits per heavy atom. The van der Waals surface area contributed by atoms with E-state index >= 15 is 0 Å². The highest BCUT2D eigenvalue weighted by molar-refractivity contribution is 5.69. The normalized spacial score (nSPS) is 25.1. The van der Waals surface area contributed by atoms with Gasteiger partial charge in [-0.25, -0.2) is 0 Å². The zero-order valence-corrected chi connectivity index (χ0v) is 46.3. The quantitative estimate of drug-likeness (QED) is 0.0172. The molecule has 0 aromatic heterocycles. The molecule has 7 N–H and O–H groups in total. The first-order valence-corrected chi connectivity index (χ1v) is 29.7. The highest BCUT2D eigenvalue weighted by atomic mass is 16.7. The monoisotopic (exact) mass is 1050 g/mol. The van der Waals surface area contributed by atoms with Gasteiger partial charge >= 0.3 is 5.97 Å². The average molecular weight is 1050 g/mol. The topological polar surface area (TPSA) is 214 Å². The largest absolute Gasteiger partial charge is 0.457 e. The van der Waals surface area contributed by atoms with E-state index in [1.165, 1.54) is 116 Å². The van der Waals surface area contributed by atoms with Gasteiger partial charge in [0.05, 0.1) is 26.4 Å². The van der Waals surface area contributed by atoms with Crippen LogP contribution in [0.3, 0.4) is 0 Å². The van der Waals surface area contributed by atoms with E-state index in [9.17, 15) is 40.5 Å². The van der Waals surface area contributed by atoms with Crippen molar-refractivity contribution in [2.24, 2.45) is 0 Å². The van der Waals surface area contributed by atoms with Crippen LogP contribution >= 0.6 is 0 Å². The van der Waals surface area contributed by atoms with Crippen molar-refractivity contribution in [1.29, 1.82) is 0 Å². The maximum atomic E-state index is 13.1. The molecule has 0 aromatic carbocycles. The van der Waals surface area contributed by atoms with Crippen molar-refractivity contribution in [3.8, 4) is 0 Å². The number of carbonyl (C=O) groups excluding carboxylic acids is 1. The first-order chi connectivity index (χ1) is 36.1. The zero-order valence-electron chi connectivity index (χ0n) is 46.3. The fraction of sp³-hybridized carbons (Fsp3) is 0.850. The second-order valence-electron chi connectivity index (χ2n) is 20.8. The van der Waals surface area contributed by atoms with Gasteiger partial charge in [-0.2, -0.15) is 0 Å². The van der Waals surface area contributed by atoms with Gasteiger partial charge < -0.3 is 64.2 Å². The van der Waals surface area contributed by atoms with Crippen molar-refractivity contribution in [2.45, 2.75) is 293 Å². The number of aliphatic hydroxyl groups is 7. The Morgan fingerprint density at radius 3 is 1.38 bits per heavy atom. The van der Waals surface area contributed by atoms with Gasteiger partial charge in [0.1, 0.15) is 54.9 Å². The minimum Gasteiger partial charge on any atom is -0.457 e. The van der Waals surface area contributed by atoms with E-state index in [1.54, 1.807) is 0 Å². The third-order valence-electron chi connectivity index (χ3n) is 14.1. The molecule has 14 heteroatoms. The van der Waals surface area contributed by atoms with E-state index in [2.05, 4.69) is 62.5 Å². The molecular formula is C60H108O14. The summed E-state index contributed by atoms with van der Waals surface area (Å²) in [6, 6.07) is 0. The van der Waals surface area contributed by atoms with Crippen LogP contribution in [0.15, 0.2) is 48.6 Å². The second-order valence-corrected chi connectivity index (χ2v) is 20.8. The van der Waals surface area contributed by atoms with Gasteiger partial charge in [0.2, 0.25) is 0 Å². The first kappa shape index (κ1) is 68.1. The molecule has 2 rings (SSSR count). The van der Waals surface area contributed by atoms with Gasteiger partial charge in [-0.3, -0.25) is 4.79 Å². The van der Waals surface area contributed by atoms with Crippen LogP contribution in [0.1, 0.15) is 226 Å². The summed E-state index contributed by atoms with van der Waals surface area (Å²) in [5.41, 5.74) is 0. The van der Waals surface area contributed by atoms with Crippen molar-refractivity contribution in [3.63, 3.8) is 0 Å². The Hall–Kier alpha value is -2.05. The molecule has 14 nitrogen and oxygen atoms in total. The Morgan fingerprint density at radius 2 is 0.878 bits per heavy atom. The fourth-order valence-corrected chi connectivity index (χ4v) is 9.34. The molecule has 2 heterocycles. The van der Waals surface area contributed by atoms with Gasteiger partial charge in [0.15, 0.2) is 12.6 Å². The van der Waals surface area contributed by atoms with Gasteiger partial charge in [0, 0.05) is 13.0 Å². The van der Waals surface area contributed by atoms with Gasteiger partial charge in [-0.05, 0) is 51.4 Å². The number of esters is 1. The maximum absolute atomic E-state index is 13.1. The number of rotatable bonds is 48. The smallest absolute Gasteiger partial charge is 0.306 e. The summed E-state index contributed by atoms with van der Waals surface area (Å²) < 4.78 is 34.4. The van der Waals surface area contributed by atoms with E-state index in [0.29, 0.717) is 13.0 Å². The molecule has 0 aliphatic carbocycles. The molecule has 0 bridgehead atoms. The Kier molecular flexibility index (Phi) is 43.2. The molecule has 74 heavy (non-hydrogen) atoms. The minimum atomic E-state index is -1.71. The molecular weight excluding hydrogens is 945 g/mol. The van der Waals surface area contributed by atoms with E-state index in [-0.39, 0.29) is 25.6 Å². The lowest BCUT2D eigenvalue weighted by Gasteiger charge is -2.42. The molecule has 2 saturated heterocycles. The highest BCUT2D eigenvalue weighted by Crippen LogP contribution is 2.27. The number of aliphatic hydroxyl groups excluding tert-OH is 7. The molecule has 0 spiro atoms. The Labute approximate surface area is 448 Å². The number of carbonyl (C=O) groups is 1. The molecule has 0 radical (unpaired) electrons. The summed E-state index contributed by atoms with van der Waals surface area (Å²) >= 11 is 0. The van der Waals surface area contributed by atoms with Crippen LogP contribution in [0.5, 0.6) is 0 Å². The summed E-state index contributed by atoms with van der Waals surface area (Å²) in [6.45, 7) is 3.59. The molecule has 2 aliphatic rings. The summed E-state index contributed by atoms with van der Waals surface area (Å²) in [7, 11) is 0. The predicted molar refractivity (Wildman–Crippen MR) is 293 cm³/mol. The van der Waals surface area contributed by atoms with Crippen LogP contribution < -0.4 is 0 Å². The van der Waals surface area contributed by atoms with Crippen molar-refractivity contribution in [1.82, 2.24) is 0 Å². The molecule has 2 aliphatic heterocycles. The van der Waals surface area contributed by atoms with E-state index in [0.717, 1.165) is 83.5 Å². The van der Waals surface area contributed by atoms with Gasteiger partial charge in [0.25, 0.3) is 0 Å². The molecule has 0 saturated carbocycles. The summed E-state index contributed by atoms with van der Waals surface area (Å²) in [5, 5.41) is 72.4. The number of unbranched alkanes of at least 4 members (excludes halogenated alkanes) is 26. The van der Waals surface area contributed by atoms with Crippen LogP contribution in [0.25, 0.3) is 0 Å². The lowest BCUT2D eigenvalue weighted by molar-refractivity contribution is -0.332. The van der Waals surface area contributed by atoms with E-state index in [1.807, 2.05) is 0 Å². The van der Waals surface area contributed by atoms with Crippen LogP contribution in [0.2, 0.25) is 0 Å². The summed E-state index contributed by atoms with van der Waals surface area (Å²) in [6.07, 6.45) is 40.3. The summed E-state index contributed by atoms with van der Waals surface area (Å²) in [4.78, 5) is 13.1. The minimum absolute atomic E-state index is 0.0574. The highest BCUT2D eigenvalue weighted by Gasteiger charge is 2.47. The van der Waals surface area contributed by atoms with Crippen LogP contribution in [-0.4, -0.2) is 142 Å². The predicted octanol–water partition coefficient (Wildman–Crippen LogP) is 10.7. The van der Waals surface area contributed by atoms with Crippen LogP contribution in [0, 0.1) is 0 Å². The summed E-state index contributed by atoms with van der Waals surface area (Å²) in [5.74, 6) is -0.387. The molecule has 432 valence electrons. The van der Waals surface area contributed by atoms with Crippen LogP contribution in [0.4, 0.5) is 0 Å². The number of hydrogen-bond donors (Lipinski definition) is 7. The lowest BCUT2D eigenvalue weighted by Crippen LogP contribution is -2.61. The van der Waals surface area contributed by atoms with E-state index < -0.39 is 80.7 Å². The average Bonchev–Trinajstić information content (AvgIpc) is 3.40. The number of allylic oxidation sites excluding steroid dienone is 8. The van der Waals surface area contributed by atoms with Crippen LogP contribution in [-0.2, 0) is 33.2 Å². The van der Waals surface area contributed by atoms with Crippen molar-refractivity contribution in [3.05, 3.63) is 48.6 Å². The molecule has 0 amide bonds. The Bertz CT molecular complexity index is 1410. The third kappa shape index (κ3) is 33.3. The lowest BCUT2D eigenvalue weighted by atomic mass is 9.98. The van der Waals surface area contributed by atoms with Gasteiger partial charge in [-0.15, -0.1) is 0 Å². The SMILES string of the molecule is CC/C=C\C/C=C\C/C=C\C/C=C\CCCCCCCCC(=O)OC(COCCCCCCCCCCCCCCCCCCCCCCC)COC1OC(COC2OC(CO)C(O)C(O)C2O)C(O)C(O)C1O. The maximum Gasteiger partial charge on any atom is 0.306 e. The van der Waals surface area contributed by atoms with Crippen molar-refractivity contribution in [2.75, 3.05) is 33.0 Å². The molecule has 11 atom stereocenters.